The highest BCUT2D eigenvalue weighted by Crippen LogP contribution is 2.18. The molecule has 0 aliphatic rings. The number of pyridine rings is 1. The minimum absolute atomic E-state index is 0.174. The maximum atomic E-state index is 12.4. The Hall–Kier alpha value is -2.80. The third kappa shape index (κ3) is 3.88. The molecule has 8 heteroatoms. The summed E-state index contributed by atoms with van der Waals surface area (Å²) in [6, 6.07) is 5.24. The molecule has 0 saturated carbocycles. The van der Waals surface area contributed by atoms with Gasteiger partial charge in [-0.2, -0.15) is 5.10 Å². The normalized spacial score (nSPS) is 10.8. The first-order valence-electron chi connectivity index (χ1n) is 8.12. The Morgan fingerprint density at radius 2 is 1.85 bits per heavy atom. The first-order valence-corrected chi connectivity index (χ1v) is 8.50. The second kappa shape index (κ2) is 7.21. The van der Waals surface area contributed by atoms with Gasteiger partial charge in [0.25, 0.3) is 5.95 Å². The van der Waals surface area contributed by atoms with E-state index in [0.717, 1.165) is 28.3 Å². The third-order valence-electron chi connectivity index (χ3n) is 3.93. The minimum atomic E-state index is -0.174. The maximum absolute atomic E-state index is 12.4. The fraction of sp³-hybridized carbons (Fsp3) is 0.278. The average Bonchev–Trinajstić information content (AvgIpc) is 2.84. The van der Waals surface area contributed by atoms with Gasteiger partial charge in [-0.1, -0.05) is 11.6 Å². The van der Waals surface area contributed by atoms with Crippen LogP contribution in [-0.4, -0.2) is 30.6 Å². The predicted octanol–water partition coefficient (Wildman–Crippen LogP) is 3.13. The second-order valence-electron chi connectivity index (χ2n) is 6.10. The second-order valence-corrected chi connectivity index (χ2v) is 6.53. The van der Waals surface area contributed by atoms with E-state index >= 15 is 0 Å². The molecule has 0 radical (unpaired) electrons. The average molecular weight is 371 g/mol. The molecule has 0 aliphatic heterocycles. The number of carbonyl (C=O) groups is 1. The number of halogens is 1. The Labute approximate surface area is 156 Å². The zero-order valence-electron chi connectivity index (χ0n) is 15.0. The molecule has 0 unspecified atom stereocenters. The lowest BCUT2D eigenvalue weighted by Crippen LogP contribution is -2.16. The van der Waals surface area contributed by atoms with Crippen molar-refractivity contribution in [3.05, 3.63) is 57.8 Å². The summed E-state index contributed by atoms with van der Waals surface area (Å²) < 4.78 is 1.68. The molecule has 3 aromatic heterocycles. The molecular weight excluding hydrogens is 352 g/mol. The van der Waals surface area contributed by atoms with E-state index in [-0.39, 0.29) is 12.3 Å². The highest BCUT2D eigenvalue weighted by Gasteiger charge is 2.18. The smallest absolute Gasteiger partial charge is 0.251 e. The Morgan fingerprint density at radius 1 is 1.15 bits per heavy atom. The molecule has 0 atom stereocenters. The van der Waals surface area contributed by atoms with Crippen molar-refractivity contribution in [2.45, 2.75) is 34.1 Å². The molecule has 3 rings (SSSR count). The van der Waals surface area contributed by atoms with E-state index in [1.165, 1.54) is 6.20 Å². The van der Waals surface area contributed by atoms with Crippen LogP contribution in [0.25, 0.3) is 5.95 Å². The zero-order chi connectivity index (χ0) is 18.8. The summed E-state index contributed by atoms with van der Waals surface area (Å²) in [4.78, 5) is 25.3. The number of aryl methyl sites for hydroxylation is 3. The van der Waals surface area contributed by atoms with Crippen LogP contribution in [0.1, 0.15) is 28.3 Å². The third-order valence-corrected chi connectivity index (χ3v) is 4.16. The van der Waals surface area contributed by atoms with E-state index in [0.29, 0.717) is 16.8 Å². The van der Waals surface area contributed by atoms with Crippen molar-refractivity contribution in [1.82, 2.24) is 24.7 Å². The number of hydrogen-bond acceptors (Lipinski definition) is 5. The lowest BCUT2D eigenvalue weighted by atomic mass is 10.1. The van der Waals surface area contributed by atoms with Gasteiger partial charge in [-0.3, -0.25) is 4.79 Å². The van der Waals surface area contributed by atoms with E-state index in [4.69, 9.17) is 11.6 Å². The van der Waals surface area contributed by atoms with Crippen molar-refractivity contribution in [1.29, 1.82) is 0 Å². The van der Waals surface area contributed by atoms with Crippen LogP contribution in [-0.2, 0) is 11.2 Å². The van der Waals surface area contributed by atoms with Gasteiger partial charge >= 0.3 is 0 Å². The number of carbonyl (C=O) groups excluding carboxylic acids is 1. The van der Waals surface area contributed by atoms with Gasteiger partial charge in [0, 0.05) is 28.8 Å². The van der Waals surface area contributed by atoms with Crippen LogP contribution in [0.2, 0.25) is 5.02 Å². The fourth-order valence-corrected chi connectivity index (χ4v) is 2.84. The molecule has 26 heavy (non-hydrogen) atoms. The van der Waals surface area contributed by atoms with Gasteiger partial charge in [0.1, 0.15) is 5.82 Å². The van der Waals surface area contributed by atoms with Gasteiger partial charge in [0.2, 0.25) is 5.91 Å². The van der Waals surface area contributed by atoms with Crippen LogP contribution in [0.3, 0.4) is 0 Å². The standard InChI is InChI=1S/C18H19ClN6O/c1-10-7-11(2)22-18(21-10)25-13(4)15(12(3)24-25)8-17(26)23-16-6-5-14(19)9-20-16/h5-7,9H,8H2,1-4H3,(H,20,23,26). The molecule has 7 nitrogen and oxygen atoms in total. The van der Waals surface area contributed by atoms with Crippen molar-refractivity contribution in [3.63, 3.8) is 0 Å². The summed E-state index contributed by atoms with van der Waals surface area (Å²) in [5, 5.41) is 7.79. The molecule has 0 aliphatic carbocycles. The quantitative estimate of drug-likeness (QED) is 0.762. The van der Waals surface area contributed by atoms with Crippen LogP contribution in [0, 0.1) is 27.7 Å². The Morgan fingerprint density at radius 3 is 2.46 bits per heavy atom. The molecule has 1 amide bonds. The lowest BCUT2D eigenvalue weighted by Gasteiger charge is -2.07. The Kier molecular flexibility index (Phi) is 4.99. The number of aromatic nitrogens is 5. The molecule has 3 aromatic rings. The molecule has 0 aromatic carbocycles. The van der Waals surface area contributed by atoms with E-state index in [2.05, 4.69) is 25.4 Å². The predicted molar refractivity (Wildman–Crippen MR) is 99.7 cm³/mol. The maximum Gasteiger partial charge on any atom is 0.251 e. The summed E-state index contributed by atoms with van der Waals surface area (Å²) in [5.74, 6) is 0.792. The van der Waals surface area contributed by atoms with Crippen LogP contribution in [0.5, 0.6) is 0 Å². The Balaban J connectivity index is 1.83. The molecule has 0 spiro atoms. The Bertz CT molecular complexity index is 944. The lowest BCUT2D eigenvalue weighted by molar-refractivity contribution is -0.115. The summed E-state index contributed by atoms with van der Waals surface area (Å²) in [7, 11) is 0. The molecule has 1 N–H and O–H groups in total. The number of nitrogens with one attached hydrogen (secondary N) is 1. The molecular formula is C18H19ClN6O. The SMILES string of the molecule is Cc1cc(C)nc(-n2nc(C)c(CC(=O)Nc3ccc(Cl)cn3)c2C)n1. The van der Waals surface area contributed by atoms with Crippen molar-refractivity contribution < 1.29 is 4.79 Å². The molecule has 3 heterocycles. The number of rotatable bonds is 4. The molecule has 0 saturated heterocycles. The van der Waals surface area contributed by atoms with Crippen LogP contribution in [0.15, 0.2) is 24.4 Å². The van der Waals surface area contributed by atoms with Gasteiger partial charge in [0.15, 0.2) is 0 Å². The zero-order valence-corrected chi connectivity index (χ0v) is 15.8. The molecule has 134 valence electrons. The number of nitrogens with zero attached hydrogens (tertiary/aromatic N) is 5. The summed E-state index contributed by atoms with van der Waals surface area (Å²) in [5.41, 5.74) is 4.19. The van der Waals surface area contributed by atoms with Gasteiger partial charge in [0.05, 0.1) is 17.1 Å². The summed E-state index contributed by atoms with van der Waals surface area (Å²) in [6.07, 6.45) is 1.68. The largest absolute Gasteiger partial charge is 0.310 e. The van der Waals surface area contributed by atoms with Gasteiger partial charge in [-0.15, -0.1) is 0 Å². The van der Waals surface area contributed by atoms with E-state index in [9.17, 15) is 4.79 Å². The van der Waals surface area contributed by atoms with Gasteiger partial charge < -0.3 is 5.32 Å². The van der Waals surface area contributed by atoms with Crippen molar-refractivity contribution >= 4 is 23.3 Å². The summed E-state index contributed by atoms with van der Waals surface area (Å²) in [6.45, 7) is 7.61. The van der Waals surface area contributed by atoms with Crippen molar-refractivity contribution in [2.24, 2.45) is 0 Å². The monoisotopic (exact) mass is 370 g/mol. The summed E-state index contributed by atoms with van der Waals surface area (Å²) >= 11 is 5.80. The number of hydrogen-bond donors (Lipinski definition) is 1. The first-order chi connectivity index (χ1) is 12.3. The van der Waals surface area contributed by atoms with E-state index in [1.54, 1.807) is 16.8 Å². The van der Waals surface area contributed by atoms with Gasteiger partial charge in [-0.05, 0) is 45.9 Å². The highest BCUT2D eigenvalue weighted by molar-refractivity contribution is 6.30. The first kappa shape index (κ1) is 18.0. The van der Waals surface area contributed by atoms with E-state index in [1.807, 2.05) is 33.8 Å². The highest BCUT2D eigenvalue weighted by atomic mass is 35.5. The van der Waals surface area contributed by atoms with Crippen molar-refractivity contribution in [2.75, 3.05) is 5.32 Å². The van der Waals surface area contributed by atoms with Crippen molar-refractivity contribution in [3.8, 4) is 5.95 Å². The van der Waals surface area contributed by atoms with Crippen LogP contribution in [0.4, 0.5) is 5.82 Å². The molecule has 0 bridgehead atoms. The van der Waals surface area contributed by atoms with Crippen LogP contribution < -0.4 is 5.32 Å². The number of amides is 1. The van der Waals surface area contributed by atoms with Gasteiger partial charge in [-0.25, -0.2) is 19.6 Å². The fourth-order valence-electron chi connectivity index (χ4n) is 2.72. The number of anilines is 1. The molecule has 0 fully saturated rings. The topological polar surface area (TPSA) is 85.6 Å². The van der Waals surface area contributed by atoms with E-state index < -0.39 is 0 Å². The minimum Gasteiger partial charge on any atom is -0.310 e. The van der Waals surface area contributed by atoms with Crippen LogP contribution >= 0.6 is 11.6 Å².